The van der Waals surface area contributed by atoms with E-state index in [-0.39, 0.29) is 0 Å². The van der Waals surface area contributed by atoms with Crippen LogP contribution in [-0.4, -0.2) is 0 Å². The third-order valence-corrected chi connectivity index (χ3v) is 3.28. The van der Waals surface area contributed by atoms with Crippen LogP contribution in [0.15, 0.2) is 12.2 Å². The molecule has 0 aromatic heterocycles. The van der Waals surface area contributed by atoms with E-state index in [1.807, 2.05) is 0 Å². The highest BCUT2D eigenvalue weighted by Gasteiger charge is 2.30. The van der Waals surface area contributed by atoms with Gasteiger partial charge in [0.2, 0.25) is 0 Å². The molecule has 0 radical (unpaired) electrons. The maximum Gasteiger partial charge on any atom is -0.0121 e. The molecule has 1 aliphatic rings. The first-order valence-electron chi connectivity index (χ1n) is 4.83. The van der Waals surface area contributed by atoms with Crippen LogP contribution in [0, 0.1) is 11.3 Å². The summed E-state index contributed by atoms with van der Waals surface area (Å²) in [5.41, 5.74) is 0.507. The van der Waals surface area contributed by atoms with E-state index in [0.29, 0.717) is 5.41 Å². The molecule has 2 atom stereocenters. The topological polar surface area (TPSA) is 0 Å². The van der Waals surface area contributed by atoms with Crippen molar-refractivity contribution in [3.63, 3.8) is 0 Å². The van der Waals surface area contributed by atoms with Gasteiger partial charge in [-0.2, -0.15) is 0 Å². The summed E-state index contributed by atoms with van der Waals surface area (Å²) in [5, 5.41) is 0. The zero-order valence-corrected chi connectivity index (χ0v) is 8.06. The van der Waals surface area contributed by atoms with Crippen LogP contribution in [0.5, 0.6) is 0 Å². The van der Waals surface area contributed by atoms with E-state index in [0.717, 1.165) is 5.92 Å². The molecule has 0 heterocycles. The molecule has 0 aromatic carbocycles. The van der Waals surface area contributed by atoms with E-state index in [4.69, 9.17) is 0 Å². The highest BCUT2D eigenvalue weighted by Crippen LogP contribution is 2.41. The van der Waals surface area contributed by atoms with Crippen LogP contribution in [0.2, 0.25) is 0 Å². The van der Waals surface area contributed by atoms with Crippen LogP contribution >= 0.6 is 0 Å². The van der Waals surface area contributed by atoms with Gasteiger partial charge >= 0.3 is 0 Å². The van der Waals surface area contributed by atoms with Crippen molar-refractivity contribution in [2.75, 3.05) is 0 Å². The van der Waals surface area contributed by atoms with Crippen molar-refractivity contribution < 1.29 is 0 Å². The van der Waals surface area contributed by atoms with Gasteiger partial charge in [0, 0.05) is 0 Å². The highest BCUT2D eigenvalue weighted by atomic mass is 14.3. The van der Waals surface area contributed by atoms with Crippen molar-refractivity contribution in [2.24, 2.45) is 11.3 Å². The Balaban J connectivity index is 2.64. The second-order valence-corrected chi connectivity index (χ2v) is 4.15. The Morgan fingerprint density at radius 3 is 2.64 bits per heavy atom. The van der Waals surface area contributed by atoms with Gasteiger partial charge in [0.05, 0.1) is 0 Å². The Morgan fingerprint density at radius 1 is 1.36 bits per heavy atom. The quantitative estimate of drug-likeness (QED) is 0.502. The molecule has 0 aromatic rings. The zero-order valence-electron chi connectivity index (χ0n) is 8.06. The van der Waals surface area contributed by atoms with Gasteiger partial charge in [-0.05, 0) is 31.1 Å². The summed E-state index contributed by atoms with van der Waals surface area (Å²) in [6, 6.07) is 0. The number of hydrogen-bond acceptors (Lipinski definition) is 0. The normalized spacial score (nSPS) is 39.7. The molecule has 0 aliphatic heterocycles. The summed E-state index contributed by atoms with van der Waals surface area (Å²) in [6.45, 7) is 6.92. The van der Waals surface area contributed by atoms with E-state index >= 15 is 0 Å². The van der Waals surface area contributed by atoms with Crippen LogP contribution in [0.4, 0.5) is 0 Å². The minimum atomic E-state index is 0.507. The van der Waals surface area contributed by atoms with Gasteiger partial charge in [-0.3, -0.25) is 0 Å². The molecule has 0 amide bonds. The molecule has 0 heteroatoms. The molecule has 2 unspecified atom stereocenters. The van der Waals surface area contributed by atoms with Gasteiger partial charge in [-0.1, -0.05) is 38.8 Å². The van der Waals surface area contributed by atoms with E-state index in [2.05, 4.69) is 32.9 Å². The zero-order chi connectivity index (χ0) is 8.32. The molecule has 64 valence electrons. The van der Waals surface area contributed by atoms with Crippen molar-refractivity contribution in [3.05, 3.63) is 12.2 Å². The molecule has 1 fully saturated rings. The molecule has 0 spiro atoms. The largest absolute Gasteiger partial charge is 0.0911 e. The standard InChI is InChI=1S/C11H20/c1-4-8-11(3)9-6-5-7-10(11)2/h4,8,10H,5-7,9H2,1-3H3. The second-order valence-electron chi connectivity index (χ2n) is 4.15. The maximum absolute atomic E-state index is 2.40. The van der Waals surface area contributed by atoms with Crippen molar-refractivity contribution in [3.8, 4) is 0 Å². The van der Waals surface area contributed by atoms with Gasteiger partial charge in [-0.25, -0.2) is 0 Å². The van der Waals surface area contributed by atoms with Crippen molar-refractivity contribution in [1.29, 1.82) is 0 Å². The third kappa shape index (κ3) is 1.85. The van der Waals surface area contributed by atoms with Gasteiger partial charge < -0.3 is 0 Å². The van der Waals surface area contributed by atoms with Gasteiger partial charge in [0.25, 0.3) is 0 Å². The first-order valence-corrected chi connectivity index (χ1v) is 4.83. The van der Waals surface area contributed by atoms with Crippen LogP contribution in [0.3, 0.4) is 0 Å². The molecule has 0 nitrogen and oxygen atoms in total. The summed E-state index contributed by atoms with van der Waals surface area (Å²) in [6.07, 6.45) is 10.3. The maximum atomic E-state index is 2.40. The molecule has 1 saturated carbocycles. The van der Waals surface area contributed by atoms with Crippen molar-refractivity contribution in [2.45, 2.75) is 46.5 Å². The minimum Gasteiger partial charge on any atom is -0.0911 e. The SMILES string of the molecule is CC=CC1(C)CCCCC1C. The predicted molar refractivity (Wildman–Crippen MR) is 50.6 cm³/mol. The van der Waals surface area contributed by atoms with E-state index < -0.39 is 0 Å². The van der Waals surface area contributed by atoms with Gasteiger partial charge in [-0.15, -0.1) is 0 Å². The molecule has 0 bridgehead atoms. The molecule has 1 aliphatic carbocycles. The molecular weight excluding hydrogens is 132 g/mol. The van der Waals surface area contributed by atoms with Crippen LogP contribution in [0.25, 0.3) is 0 Å². The van der Waals surface area contributed by atoms with E-state index in [9.17, 15) is 0 Å². The lowest BCUT2D eigenvalue weighted by Gasteiger charge is -2.37. The fourth-order valence-corrected chi connectivity index (χ4v) is 2.16. The van der Waals surface area contributed by atoms with Crippen LogP contribution in [0.1, 0.15) is 46.5 Å². The Morgan fingerprint density at radius 2 is 2.09 bits per heavy atom. The Kier molecular flexibility index (Phi) is 2.75. The fourth-order valence-electron chi connectivity index (χ4n) is 2.16. The second kappa shape index (κ2) is 3.42. The van der Waals surface area contributed by atoms with Crippen molar-refractivity contribution in [1.82, 2.24) is 0 Å². The number of hydrogen-bond donors (Lipinski definition) is 0. The summed E-state index contributed by atoms with van der Waals surface area (Å²) < 4.78 is 0. The van der Waals surface area contributed by atoms with Crippen molar-refractivity contribution >= 4 is 0 Å². The smallest absolute Gasteiger partial charge is 0.0121 e. The summed E-state index contributed by atoms with van der Waals surface area (Å²) >= 11 is 0. The van der Waals surface area contributed by atoms with E-state index in [1.54, 1.807) is 0 Å². The molecule has 0 saturated heterocycles. The van der Waals surface area contributed by atoms with E-state index in [1.165, 1.54) is 25.7 Å². The highest BCUT2D eigenvalue weighted by molar-refractivity contribution is 5.00. The number of rotatable bonds is 1. The molecule has 0 N–H and O–H groups in total. The monoisotopic (exact) mass is 152 g/mol. The molecular formula is C11H20. The average Bonchev–Trinajstić information content (AvgIpc) is 1.96. The van der Waals surface area contributed by atoms with Gasteiger partial charge in [0.1, 0.15) is 0 Å². The first kappa shape index (κ1) is 8.83. The Bertz CT molecular complexity index is 146. The fraction of sp³-hybridized carbons (Fsp3) is 0.818. The molecule has 1 rings (SSSR count). The number of allylic oxidation sites excluding steroid dienone is 2. The Hall–Kier alpha value is -0.260. The van der Waals surface area contributed by atoms with Crippen LogP contribution in [-0.2, 0) is 0 Å². The predicted octanol–water partition coefficient (Wildman–Crippen LogP) is 3.78. The summed E-state index contributed by atoms with van der Waals surface area (Å²) in [4.78, 5) is 0. The first-order chi connectivity index (χ1) is 5.19. The lowest BCUT2D eigenvalue weighted by Crippen LogP contribution is -2.26. The Labute approximate surface area is 70.7 Å². The average molecular weight is 152 g/mol. The minimum absolute atomic E-state index is 0.507. The van der Waals surface area contributed by atoms with Crippen LogP contribution < -0.4 is 0 Å². The summed E-state index contributed by atoms with van der Waals surface area (Å²) in [7, 11) is 0. The van der Waals surface area contributed by atoms with Gasteiger partial charge in [0.15, 0.2) is 0 Å². The third-order valence-electron chi connectivity index (χ3n) is 3.28. The lowest BCUT2D eigenvalue weighted by atomic mass is 9.68. The molecule has 11 heavy (non-hydrogen) atoms. The lowest BCUT2D eigenvalue weighted by molar-refractivity contribution is 0.189. The summed E-state index contributed by atoms with van der Waals surface area (Å²) in [5.74, 6) is 0.882.